The van der Waals surface area contributed by atoms with E-state index in [-0.39, 0.29) is 12.0 Å². The first-order valence-corrected chi connectivity index (χ1v) is 10.3. The van der Waals surface area contributed by atoms with E-state index in [9.17, 15) is 4.79 Å². The number of nitrogens with zero attached hydrogens (tertiary/aromatic N) is 2. The third-order valence-corrected chi connectivity index (χ3v) is 4.87. The van der Waals surface area contributed by atoms with Gasteiger partial charge in [0.25, 0.3) is 0 Å². The van der Waals surface area contributed by atoms with Crippen LogP contribution in [0.25, 0.3) is 11.4 Å². The van der Waals surface area contributed by atoms with Crippen molar-refractivity contribution < 1.29 is 18.8 Å². The van der Waals surface area contributed by atoms with Gasteiger partial charge in [-0.25, -0.2) is 0 Å². The van der Waals surface area contributed by atoms with Crippen molar-refractivity contribution in [3.63, 3.8) is 0 Å². The van der Waals surface area contributed by atoms with Crippen LogP contribution in [0.3, 0.4) is 0 Å². The molecule has 1 aliphatic heterocycles. The molecule has 1 atom stereocenters. The summed E-state index contributed by atoms with van der Waals surface area (Å²) in [4.78, 5) is 16.9. The number of aromatic nitrogens is 2. The van der Waals surface area contributed by atoms with Crippen LogP contribution in [0.5, 0.6) is 11.5 Å². The van der Waals surface area contributed by atoms with Crippen LogP contribution >= 0.6 is 0 Å². The number of anilines is 1. The quantitative estimate of drug-likeness (QED) is 0.595. The van der Waals surface area contributed by atoms with E-state index >= 15 is 0 Å². The highest BCUT2D eigenvalue weighted by atomic mass is 16.5. The van der Waals surface area contributed by atoms with Crippen molar-refractivity contribution in [3.8, 4) is 22.9 Å². The van der Waals surface area contributed by atoms with Crippen LogP contribution in [0.15, 0.2) is 47.0 Å². The van der Waals surface area contributed by atoms with Gasteiger partial charge in [0.1, 0.15) is 17.6 Å². The van der Waals surface area contributed by atoms with Gasteiger partial charge in [0.2, 0.25) is 17.6 Å². The predicted molar refractivity (Wildman–Crippen MR) is 113 cm³/mol. The van der Waals surface area contributed by atoms with Crippen LogP contribution in [-0.4, -0.2) is 28.8 Å². The van der Waals surface area contributed by atoms with Gasteiger partial charge in [0.15, 0.2) is 0 Å². The van der Waals surface area contributed by atoms with E-state index < -0.39 is 0 Å². The number of hydrogen-bond acceptors (Lipinski definition) is 6. The number of carbonyl (C=O) groups excluding carboxylic acids is 1. The molecule has 30 heavy (non-hydrogen) atoms. The molecule has 156 valence electrons. The van der Waals surface area contributed by atoms with E-state index in [2.05, 4.69) is 15.5 Å². The van der Waals surface area contributed by atoms with Crippen LogP contribution in [0.4, 0.5) is 5.69 Å². The van der Waals surface area contributed by atoms with Crippen molar-refractivity contribution in [1.29, 1.82) is 0 Å². The molecule has 1 N–H and O–H groups in total. The van der Waals surface area contributed by atoms with Gasteiger partial charge in [-0.15, -0.1) is 0 Å². The first-order chi connectivity index (χ1) is 14.6. The Morgan fingerprint density at radius 1 is 1.27 bits per heavy atom. The molecule has 2 heterocycles. The summed E-state index contributed by atoms with van der Waals surface area (Å²) >= 11 is 0. The maximum absolute atomic E-state index is 12.5. The lowest BCUT2D eigenvalue weighted by Gasteiger charge is -2.13. The Balaban J connectivity index is 1.33. The van der Waals surface area contributed by atoms with Gasteiger partial charge in [-0.1, -0.05) is 35.5 Å². The predicted octanol–water partition coefficient (Wildman–Crippen LogP) is 4.42. The van der Waals surface area contributed by atoms with Crippen molar-refractivity contribution in [2.75, 3.05) is 11.9 Å². The smallest absolute Gasteiger partial charge is 0.226 e. The zero-order chi connectivity index (χ0) is 20.9. The van der Waals surface area contributed by atoms with Crippen LogP contribution in [0.2, 0.25) is 0 Å². The van der Waals surface area contributed by atoms with Crippen LogP contribution in [0, 0.1) is 0 Å². The highest BCUT2D eigenvalue weighted by molar-refractivity contribution is 5.92. The second kappa shape index (κ2) is 8.98. The minimum absolute atomic E-state index is 0.0928. The van der Waals surface area contributed by atoms with E-state index in [1.54, 1.807) is 0 Å². The number of nitrogens with one attached hydrogen (secondary N) is 1. The maximum Gasteiger partial charge on any atom is 0.226 e. The van der Waals surface area contributed by atoms with Gasteiger partial charge in [-0.05, 0) is 26.3 Å². The van der Waals surface area contributed by atoms with Crippen LogP contribution in [0.1, 0.15) is 38.1 Å². The Morgan fingerprint density at radius 2 is 2.10 bits per heavy atom. The normalized spacial score (nSPS) is 14.8. The van der Waals surface area contributed by atoms with E-state index in [0.717, 1.165) is 23.3 Å². The molecule has 0 bridgehead atoms. The number of amides is 1. The molecular formula is C23H25N3O4. The molecular weight excluding hydrogens is 382 g/mol. The number of benzene rings is 2. The SMILES string of the molecule is CCOc1cc2c(cc1NC(=O)CCCc1nc(-c3ccccc3)no1)O[C@@H](C)C2. The highest BCUT2D eigenvalue weighted by Crippen LogP contribution is 2.38. The fraction of sp³-hybridized carbons (Fsp3) is 0.348. The fourth-order valence-corrected chi connectivity index (χ4v) is 3.49. The lowest BCUT2D eigenvalue weighted by Crippen LogP contribution is -2.13. The largest absolute Gasteiger partial charge is 0.492 e. The second-order valence-electron chi connectivity index (χ2n) is 7.30. The topological polar surface area (TPSA) is 86.5 Å². The Kier molecular flexibility index (Phi) is 5.97. The highest BCUT2D eigenvalue weighted by Gasteiger charge is 2.22. The summed E-state index contributed by atoms with van der Waals surface area (Å²) in [5.41, 5.74) is 2.65. The molecule has 0 aliphatic carbocycles. The molecule has 7 nitrogen and oxygen atoms in total. The maximum atomic E-state index is 12.5. The second-order valence-corrected chi connectivity index (χ2v) is 7.30. The van der Waals surface area contributed by atoms with Gasteiger partial charge in [-0.2, -0.15) is 4.98 Å². The minimum Gasteiger partial charge on any atom is -0.492 e. The number of carbonyl (C=O) groups is 1. The minimum atomic E-state index is -0.0928. The third kappa shape index (κ3) is 4.62. The Labute approximate surface area is 175 Å². The molecule has 7 heteroatoms. The Morgan fingerprint density at radius 3 is 2.90 bits per heavy atom. The standard InChI is InChI=1S/C23H25N3O4/c1-3-28-20-13-17-12-15(2)29-19(17)14-18(20)24-21(27)10-7-11-22-25-23(26-30-22)16-8-5-4-6-9-16/h4-6,8-9,13-15H,3,7,10-12H2,1-2H3,(H,24,27)/t15-/m0/s1. The van der Waals surface area contributed by atoms with E-state index in [1.165, 1.54) is 0 Å². The zero-order valence-corrected chi connectivity index (χ0v) is 17.2. The molecule has 4 rings (SSSR count). The third-order valence-electron chi connectivity index (χ3n) is 4.87. The lowest BCUT2D eigenvalue weighted by molar-refractivity contribution is -0.116. The summed E-state index contributed by atoms with van der Waals surface area (Å²) in [5, 5.41) is 6.95. The first kappa shape index (κ1) is 19.9. The van der Waals surface area contributed by atoms with Crippen molar-refractivity contribution in [1.82, 2.24) is 10.1 Å². The summed E-state index contributed by atoms with van der Waals surface area (Å²) in [6.45, 7) is 4.48. The van der Waals surface area contributed by atoms with E-state index in [4.69, 9.17) is 14.0 Å². The molecule has 1 amide bonds. The van der Waals surface area contributed by atoms with Crippen molar-refractivity contribution in [2.24, 2.45) is 0 Å². The Hall–Kier alpha value is -3.35. The summed E-state index contributed by atoms with van der Waals surface area (Å²) in [6, 6.07) is 13.5. The average Bonchev–Trinajstić information content (AvgIpc) is 3.35. The molecule has 0 saturated carbocycles. The molecule has 0 spiro atoms. The first-order valence-electron chi connectivity index (χ1n) is 10.3. The zero-order valence-electron chi connectivity index (χ0n) is 17.2. The Bertz CT molecular complexity index is 1020. The number of fused-ring (bicyclic) bond motifs is 1. The monoisotopic (exact) mass is 407 g/mol. The van der Waals surface area contributed by atoms with Crippen LogP contribution < -0.4 is 14.8 Å². The summed E-state index contributed by atoms with van der Waals surface area (Å²) in [5.74, 6) is 2.47. The molecule has 3 aromatic rings. The van der Waals surface area contributed by atoms with Crippen molar-refractivity contribution >= 4 is 11.6 Å². The van der Waals surface area contributed by atoms with E-state index in [0.29, 0.717) is 49.0 Å². The summed E-state index contributed by atoms with van der Waals surface area (Å²) in [7, 11) is 0. The van der Waals surface area contributed by atoms with E-state index in [1.807, 2.05) is 56.3 Å². The molecule has 0 saturated heterocycles. The summed E-state index contributed by atoms with van der Waals surface area (Å²) in [6.07, 6.45) is 2.46. The molecule has 1 aliphatic rings. The molecule has 2 aromatic carbocycles. The number of rotatable bonds is 8. The molecule has 0 radical (unpaired) electrons. The molecule has 0 fully saturated rings. The number of hydrogen-bond donors (Lipinski definition) is 1. The molecule has 0 unspecified atom stereocenters. The van der Waals surface area contributed by atoms with Gasteiger partial charge >= 0.3 is 0 Å². The number of ether oxygens (including phenoxy) is 2. The van der Waals surface area contributed by atoms with Crippen molar-refractivity contribution in [2.45, 2.75) is 45.6 Å². The van der Waals surface area contributed by atoms with Crippen LogP contribution in [-0.2, 0) is 17.6 Å². The fourth-order valence-electron chi connectivity index (χ4n) is 3.49. The van der Waals surface area contributed by atoms with Gasteiger partial charge in [0, 0.05) is 36.5 Å². The summed E-state index contributed by atoms with van der Waals surface area (Å²) < 4.78 is 16.8. The number of aryl methyl sites for hydroxylation is 1. The van der Waals surface area contributed by atoms with Gasteiger partial charge in [-0.3, -0.25) is 4.79 Å². The average molecular weight is 407 g/mol. The molecule has 1 aromatic heterocycles. The van der Waals surface area contributed by atoms with Crippen molar-refractivity contribution in [3.05, 3.63) is 53.9 Å². The lowest BCUT2D eigenvalue weighted by atomic mass is 10.1. The van der Waals surface area contributed by atoms with Gasteiger partial charge in [0.05, 0.1) is 12.3 Å². The van der Waals surface area contributed by atoms with Gasteiger partial charge < -0.3 is 19.3 Å².